The molecule has 0 unspecified atom stereocenters. The minimum Gasteiger partial charge on any atom is -0.310 e. The van der Waals surface area contributed by atoms with Crippen LogP contribution < -0.4 is 11.1 Å². The van der Waals surface area contributed by atoms with Crippen molar-refractivity contribution in [2.45, 2.75) is 17.5 Å². The highest BCUT2D eigenvalue weighted by atomic mass is 32.2. The molecule has 2 heterocycles. The van der Waals surface area contributed by atoms with Crippen LogP contribution in [0.2, 0.25) is 0 Å². The summed E-state index contributed by atoms with van der Waals surface area (Å²) in [6.45, 7) is 0.398. The van der Waals surface area contributed by atoms with Gasteiger partial charge in [0, 0.05) is 5.75 Å². The average Bonchev–Trinajstić information content (AvgIpc) is 3.04. The minimum atomic E-state index is -0.455. The third kappa shape index (κ3) is 3.56. The van der Waals surface area contributed by atoms with Crippen molar-refractivity contribution in [2.24, 2.45) is 0 Å². The van der Waals surface area contributed by atoms with Gasteiger partial charge in [-0.05, 0) is 23.3 Å². The Hall–Kier alpha value is -3.13. The zero-order valence-corrected chi connectivity index (χ0v) is 14.9. The highest BCUT2D eigenvalue weighted by Gasteiger charge is 2.17. The lowest BCUT2D eigenvalue weighted by atomic mass is 10.2. The normalized spacial score (nSPS) is 11.1. The van der Waals surface area contributed by atoms with Crippen LogP contribution in [-0.2, 0) is 12.3 Å². The predicted molar refractivity (Wildman–Crippen MR) is 102 cm³/mol. The van der Waals surface area contributed by atoms with Gasteiger partial charge in [0.25, 0.3) is 11.1 Å². The number of aromatic nitrogens is 4. The lowest BCUT2D eigenvalue weighted by Gasteiger charge is -2.09. The van der Waals surface area contributed by atoms with Crippen molar-refractivity contribution in [1.29, 1.82) is 0 Å². The summed E-state index contributed by atoms with van der Waals surface area (Å²) in [7, 11) is 0. The molecule has 0 spiro atoms. The second-order valence-electron chi connectivity index (χ2n) is 5.99. The largest absolute Gasteiger partial charge is 0.310 e. The summed E-state index contributed by atoms with van der Waals surface area (Å²) < 4.78 is 15.1. The van der Waals surface area contributed by atoms with Gasteiger partial charge in [0.2, 0.25) is 0 Å². The SMILES string of the molecule is O=c1[nH][nH]c(=O)c2c1nc(SCc1cccc(F)c1)n2Cc1ccccc1. The molecular formula is C19H15FN4O2S. The Morgan fingerprint density at radius 2 is 1.70 bits per heavy atom. The fourth-order valence-corrected chi connectivity index (χ4v) is 3.79. The van der Waals surface area contributed by atoms with E-state index >= 15 is 0 Å². The van der Waals surface area contributed by atoms with Crippen LogP contribution >= 0.6 is 11.8 Å². The van der Waals surface area contributed by atoms with Gasteiger partial charge in [-0.15, -0.1) is 0 Å². The summed E-state index contributed by atoms with van der Waals surface area (Å²) in [4.78, 5) is 28.8. The molecule has 0 saturated heterocycles. The van der Waals surface area contributed by atoms with Gasteiger partial charge in [-0.2, -0.15) is 0 Å². The van der Waals surface area contributed by atoms with Crippen LogP contribution in [0.15, 0.2) is 69.3 Å². The molecule has 0 atom stereocenters. The molecule has 0 aliphatic heterocycles. The third-order valence-electron chi connectivity index (χ3n) is 4.09. The standard InChI is InChI=1S/C19H15FN4O2S/c20-14-8-4-7-13(9-14)11-27-19-21-15-16(18(26)23-22-17(15)25)24(19)10-12-5-2-1-3-6-12/h1-9H,10-11H2,(H,22,25)(H,23,26). The van der Waals surface area contributed by atoms with E-state index in [1.165, 1.54) is 23.9 Å². The van der Waals surface area contributed by atoms with Crippen LogP contribution in [0.25, 0.3) is 11.0 Å². The molecule has 6 nitrogen and oxygen atoms in total. The Labute approximate surface area is 157 Å². The molecule has 27 heavy (non-hydrogen) atoms. The smallest absolute Gasteiger partial charge is 0.290 e. The predicted octanol–water partition coefficient (Wildman–Crippen LogP) is 2.89. The molecule has 8 heteroatoms. The van der Waals surface area contributed by atoms with Crippen molar-refractivity contribution >= 4 is 22.8 Å². The van der Waals surface area contributed by atoms with Crippen LogP contribution in [0, 0.1) is 5.82 Å². The maximum atomic E-state index is 13.4. The summed E-state index contributed by atoms with van der Waals surface area (Å²) in [5, 5.41) is 5.18. The summed E-state index contributed by atoms with van der Waals surface area (Å²) in [6, 6.07) is 15.9. The summed E-state index contributed by atoms with van der Waals surface area (Å²) in [6.07, 6.45) is 0. The number of thioether (sulfide) groups is 1. The summed E-state index contributed by atoms with van der Waals surface area (Å²) in [5.74, 6) is 0.157. The van der Waals surface area contributed by atoms with Crippen LogP contribution in [0.3, 0.4) is 0 Å². The maximum Gasteiger partial charge on any atom is 0.290 e. The topological polar surface area (TPSA) is 83.5 Å². The average molecular weight is 382 g/mol. The molecule has 2 aromatic heterocycles. The number of nitrogens with zero attached hydrogens (tertiary/aromatic N) is 2. The number of rotatable bonds is 5. The number of hydrogen-bond acceptors (Lipinski definition) is 4. The number of benzene rings is 2. The molecular weight excluding hydrogens is 367 g/mol. The van der Waals surface area contributed by atoms with Gasteiger partial charge >= 0.3 is 0 Å². The van der Waals surface area contributed by atoms with E-state index in [4.69, 9.17) is 0 Å². The second kappa shape index (κ2) is 7.24. The van der Waals surface area contributed by atoms with E-state index < -0.39 is 11.1 Å². The van der Waals surface area contributed by atoms with E-state index in [-0.39, 0.29) is 16.9 Å². The van der Waals surface area contributed by atoms with Gasteiger partial charge < -0.3 is 4.57 Å². The number of imidazole rings is 1. The van der Waals surface area contributed by atoms with Crippen LogP contribution in [0.5, 0.6) is 0 Å². The first-order valence-electron chi connectivity index (χ1n) is 8.24. The van der Waals surface area contributed by atoms with Gasteiger partial charge in [0.1, 0.15) is 11.3 Å². The quantitative estimate of drug-likeness (QED) is 0.520. The van der Waals surface area contributed by atoms with Crippen molar-refractivity contribution in [2.75, 3.05) is 0 Å². The number of hydrogen-bond donors (Lipinski definition) is 2. The van der Waals surface area contributed by atoms with Crippen molar-refractivity contribution < 1.29 is 4.39 Å². The highest BCUT2D eigenvalue weighted by molar-refractivity contribution is 7.98. The number of nitrogens with one attached hydrogen (secondary N) is 2. The Bertz CT molecular complexity index is 1210. The number of aromatic amines is 2. The molecule has 2 aromatic carbocycles. The van der Waals surface area contributed by atoms with Gasteiger partial charge in [-0.3, -0.25) is 19.8 Å². The molecule has 0 radical (unpaired) electrons. The number of fused-ring (bicyclic) bond motifs is 1. The minimum absolute atomic E-state index is 0.0939. The first kappa shape index (κ1) is 17.3. The number of halogens is 1. The van der Waals surface area contributed by atoms with Crippen LogP contribution in [0.4, 0.5) is 4.39 Å². The van der Waals surface area contributed by atoms with Gasteiger partial charge in [-0.1, -0.05) is 54.2 Å². The lowest BCUT2D eigenvalue weighted by Crippen LogP contribution is -2.20. The van der Waals surface area contributed by atoms with E-state index in [1.54, 1.807) is 10.6 Å². The lowest BCUT2D eigenvalue weighted by molar-refractivity contribution is 0.626. The Kier molecular flexibility index (Phi) is 4.64. The molecule has 136 valence electrons. The molecule has 2 N–H and O–H groups in total. The summed E-state index contributed by atoms with van der Waals surface area (Å²) >= 11 is 1.35. The molecule has 0 fully saturated rings. The fourth-order valence-electron chi connectivity index (χ4n) is 2.85. The maximum absolute atomic E-state index is 13.4. The zero-order valence-electron chi connectivity index (χ0n) is 14.1. The van der Waals surface area contributed by atoms with E-state index in [9.17, 15) is 14.0 Å². The first-order chi connectivity index (χ1) is 13.1. The molecule has 4 aromatic rings. The second-order valence-corrected chi connectivity index (χ2v) is 6.93. The van der Waals surface area contributed by atoms with E-state index in [2.05, 4.69) is 15.2 Å². The molecule has 0 bridgehead atoms. The summed E-state index contributed by atoms with van der Waals surface area (Å²) in [5.41, 5.74) is 1.22. The number of H-pyrrole nitrogens is 2. The van der Waals surface area contributed by atoms with Gasteiger partial charge in [-0.25, -0.2) is 9.37 Å². The Morgan fingerprint density at radius 3 is 2.48 bits per heavy atom. The first-order valence-corrected chi connectivity index (χ1v) is 9.23. The van der Waals surface area contributed by atoms with Crippen molar-refractivity contribution in [3.63, 3.8) is 0 Å². The highest BCUT2D eigenvalue weighted by Crippen LogP contribution is 2.25. The van der Waals surface area contributed by atoms with E-state index in [0.29, 0.717) is 17.5 Å². The fraction of sp³-hybridized carbons (Fsp3) is 0.105. The van der Waals surface area contributed by atoms with Crippen molar-refractivity contribution in [1.82, 2.24) is 19.7 Å². The molecule has 0 saturated carbocycles. The van der Waals surface area contributed by atoms with Gasteiger partial charge in [0.05, 0.1) is 6.54 Å². The zero-order chi connectivity index (χ0) is 18.8. The molecule has 4 rings (SSSR count). The third-order valence-corrected chi connectivity index (χ3v) is 5.14. The van der Waals surface area contributed by atoms with Gasteiger partial charge in [0.15, 0.2) is 10.7 Å². The van der Waals surface area contributed by atoms with E-state index in [0.717, 1.165) is 11.1 Å². The molecule has 0 aliphatic carbocycles. The molecule has 0 aliphatic rings. The molecule has 0 amide bonds. The Balaban J connectivity index is 1.77. The van der Waals surface area contributed by atoms with Crippen molar-refractivity contribution in [3.05, 3.63) is 92.2 Å². The Morgan fingerprint density at radius 1 is 0.963 bits per heavy atom. The monoisotopic (exact) mass is 382 g/mol. The van der Waals surface area contributed by atoms with Crippen molar-refractivity contribution in [3.8, 4) is 0 Å². The van der Waals surface area contributed by atoms with E-state index in [1.807, 2.05) is 36.4 Å². The van der Waals surface area contributed by atoms with Crippen LogP contribution in [-0.4, -0.2) is 19.7 Å². The van der Waals surface area contributed by atoms with Crippen LogP contribution in [0.1, 0.15) is 11.1 Å².